The first kappa shape index (κ1) is 23.9. The van der Waals surface area contributed by atoms with Gasteiger partial charge in [-0.15, -0.1) is 0 Å². The monoisotopic (exact) mass is 481 g/mol. The minimum absolute atomic E-state index is 0.120. The number of carbonyl (C=O) groups is 1. The van der Waals surface area contributed by atoms with Crippen LogP contribution in [0.2, 0.25) is 0 Å². The second-order valence-electron chi connectivity index (χ2n) is 8.45. The molecule has 0 aliphatic carbocycles. The number of carbonyl (C=O) groups excluding carboxylic acids is 1. The standard InChI is InChI=1S/C26H28FN3O3S/c27-24-9-2-3-10-25(24)29-34(32,33)23-8-6-7-22(17-23)26(31)28-18-20-11-13-21(14-12-20)19-30-15-4-1-5-16-30/h2-3,6-14,17,29H,1,4-5,15-16,18-19H2,(H,28,31). The highest BCUT2D eigenvalue weighted by molar-refractivity contribution is 7.92. The van der Waals surface area contributed by atoms with Gasteiger partial charge in [0.05, 0.1) is 10.6 Å². The lowest BCUT2D eigenvalue weighted by Gasteiger charge is -2.26. The Morgan fingerprint density at radius 3 is 2.32 bits per heavy atom. The van der Waals surface area contributed by atoms with E-state index in [-0.39, 0.29) is 22.1 Å². The van der Waals surface area contributed by atoms with E-state index in [0.717, 1.165) is 25.2 Å². The van der Waals surface area contributed by atoms with Gasteiger partial charge >= 0.3 is 0 Å². The summed E-state index contributed by atoms with van der Waals surface area (Å²) < 4.78 is 41.4. The number of amides is 1. The van der Waals surface area contributed by atoms with Gasteiger partial charge in [0.1, 0.15) is 5.82 Å². The number of anilines is 1. The molecular formula is C26H28FN3O3S. The number of nitrogens with one attached hydrogen (secondary N) is 2. The van der Waals surface area contributed by atoms with E-state index >= 15 is 0 Å². The van der Waals surface area contributed by atoms with Crippen LogP contribution in [0.5, 0.6) is 0 Å². The van der Waals surface area contributed by atoms with Crippen molar-refractivity contribution in [1.82, 2.24) is 10.2 Å². The van der Waals surface area contributed by atoms with Crippen molar-refractivity contribution >= 4 is 21.6 Å². The molecule has 8 heteroatoms. The molecular weight excluding hydrogens is 453 g/mol. The molecule has 0 unspecified atom stereocenters. The first-order chi connectivity index (χ1) is 16.4. The van der Waals surface area contributed by atoms with E-state index in [4.69, 9.17) is 0 Å². The molecule has 1 amide bonds. The summed E-state index contributed by atoms with van der Waals surface area (Å²) in [5.74, 6) is -1.07. The van der Waals surface area contributed by atoms with Crippen LogP contribution in [0.25, 0.3) is 0 Å². The van der Waals surface area contributed by atoms with Crippen LogP contribution in [0.3, 0.4) is 0 Å². The molecule has 178 valence electrons. The molecule has 1 saturated heterocycles. The zero-order valence-electron chi connectivity index (χ0n) is 18.8. The van der Waals surface area contributed by atoms with Crippen molar-refractivity contribution in [3.05, 3.63) is 95.3 Å². The molecule has 1 fully saturated rings. The summed E-state index contributed by atoms with van der Waals surface area (Å²) in [5, 5.41) is 2.83. The van der Waals surface area contributed by atoms with Gasteiger partial charge in [0.25, 0.3) is 15.9 Å². The van der Waals surface area contributed by atoms with E-state index in [1.807, 2.05) is 12.1 Å². The number of likely N-dealkylation sites (tertiary alicyclic amines) is 1. The van der Waals surface area contributed by atoms with Crippen molar-refractivity contribution in [2.45, 2.75) is 37.2 Å². The van der Waals surface area contributed by atoms with Crippen LogP contribution in [0.4, 0.5) is 10.1 Å². The summed E-state index contributed by atoms with van der Waals surface area (Å²) in [6.07, 6.45) is 3.82. The number of nitrogens with zero attached hydrogens (tertiary/aromatic N) is 1. The topological polar surface area (TPSA) is 78.5 Å². The first-order valence-electron chi connectivity index (χ1n) is 11.4. The van der Waals surface area contributed by atoms with E-state index < -0.39 is 15.8 Å². The molecule has 6 nitrogen and oxygen atoms in total. The third-order valence-electron chi connectivity index (χ3n) is 5.86. The second-order valence-corrected chi connectivity index (χ2v) is 10.1. The Bertz CT molecular complexity index is 1240. The average molecular weight is 482 g/mol. The molecule has 0 radical (unpaired) electrons. The zero-order chi connectivity index (χ0) is 24.0. The van der Waals surface area contributed by atoms with E-state index in [1.165, 1.54) is 67.3 Å². The molecule has 0 atom stereocenters. The lowest BCUT2D eigenvalue weighted by molar-refractivity contribution is 0.0950. The Morgan fingerprint density at radius 2 is 1.59 bits per heavy atom. The van der Waals surface area contributed by atoms with Crippen molar-refractivity contribution in [2.24, 2.45) is 0 Å². The van der Waals surface area contributed by atoms with E-state index in [1.54, 1.807) is 6.07 Å². The van der Waals surface area contributed by atoms with Crippen molar-refractivity contribution in [3.8, 4) is 0 Å². The Kier molecular flexibility index (Phi) is 7.59. The third-order valence-corrected chi connectivity index (χ3v) is 7.22. The van der Waals surface area contributed by atoms with Gasteiger partial charge in [-0.1, -0.05) is 48.9 Å². The molecule has 2 N–H and O–H groups in total. The third kappa shape index (κ3) is 6.21. The quantitative estimate of drug-likeness (QED) is 0.495. The predicted molar refractivity (Wildman–Crippen MR) is 130 cm³/mol. The van der Waals surface area contributed by atoms with Crippen LogP contribution in [0.1, 0.15) is 40.7 Å². The molecule has 0 saturated carbocycles. The van der Waals surface area contributed by atoms with Crippen LogP contribution in [0.15, 0.2) is 77.7 Å². The molecule has 0 bridgehead atoms. The van der Waals surface area contributed by atoms with Gasteiger partial charge in [-0.3, -0.25) is 14.4 Å². The number of piperidine rings is 1. The minimum atomic E-state index is -4.05. The van der Waals surface area contributed by atoms with Crippen LogP contribution in [0, 0.1) is 5.82 Å². The fourth-order valence-corrected chi connectivity index (χ4v) is 5.09. The Balaban J connectivity index is 1.36. The van der Waals surface area contributed by atoms with E-state index in [0.29, 0.717) is 6.54 Å². The highest BCUT2D eigenvalue weighted by Crippen LogP contribution is 2.20. The molecule has 0 spiro atoms. The number of halogens is 1. The van der Waals surface area contributed by atoms with Gasteiger partial charge < -0.3 is 5.32 Å². The number of hydrogen-bond acceptors (Lipinski definition) is 4. The van der Waals surface area contributed by atoms with Crippen LogP contribution in [-0.4, -0.2) is 32.3 Å². The lowest BCUT2D eigenvalue weighted by atomic mass is 10.1. The SMILES string of the molecule is O=C(NCc1ccc(CN2CCCCC2)cc1)c1cccc(S(=O)(=O)Nc2ccccc2F)c1. The van der Waals surface area contributed by atoms with Crippen molar-refractivity contribution in [2.75, 3.05) is 17.8 Å². The van der Waals surface area contributed by atoms with Crippen LogP contribution in [-0.2, 0) is 23.1 Å². The van der Waals surface area contributed by atoms with Crippen molar-refractivity contribution in [1.29, 1.82) is 0 Å². The summed E-state index contributed by atoms with van der Waals surface area (Å²) in [6.45, 7) is 3.55. The minimum Gasteiger partial charge on any atom is -0.348 e. The summed E-state index contributed by atoms with van der Waals surface area (Å²) >= 11 is 0. The lowest BCUT2D eigenvalue weighted by Crippen LogP contribution is -2.29. The smallest absolute Gasteiger partial charge is 0.262 e. The zero-order valence-corrected chi connectivity index (χ0v) is 19.7. The molecule has 1 aliphatic heterocycles. The fraction of sp³-hybridized carbons (Fsp3) is 0.269. The molecule has 0 aromatic heterocycles. The van der Waals surface area contributed by atoms with Gasteiger partial charge in [-0.05, 0) is 67.4 Å². The summed E-state index contributed by atoms with van der Waals surface area (Å²) in [7, 11) is -4.05. The maximum absolute atomic E-state index is 13.9. The number of sulfonamides is 1. The average Bonchev–Trinajstić information content (AvgIpc) is 2.85. The molecule has 34 heavy (non-hydrogen) atoms. The molecule has 1 aliphatic rings. The summed E-state index contributed by atoms with van der Waals surface area (Å²) in [5.41, 5.74) is 2.26. The maximum Gasteiger partial charge on any atom is 0.262 e. The van der Waals surface area contributed by atoms with Gasteiger partial charge in [0.15, 0.2) is 0 Å². The number of para-hydroxylation sites is 1. The Morgan fingerprint density at radius 1 is 0.882 bits per heavy atom. The second kappa shape index (κ2) is 10.8. The molecule has 3 aromatic rings. The van der Waals surface area contributed by atoms with Crippen molar-refractivity contribution in [3.63, 3.8) is 0 Å². The Labute approximate surface area is 199 Å². The van der Waals surface area contributed by atoms with Gasteiger partial charge in [-0.25, -0.2) is 12.8 Å². The predicted octanol–water partition coefficient (Wildman–Crippen LogP) is 4.54. The normalized spacial score (nSPS) is 14.5. The number of rotatable bonds is 8. The Hall–Kier alpha value is -3.23. The highest BCUT2D eigenvalue weighted by atomic mass is 32.2. The fourth-order valence-electron chi connectivity index (χ4n) is 3.97. The number of benzene rings is 3. The highest BCUT2D eigenvalue weighted by Gasteiger charge is 2.18. The molecule has 4 rings (SSSR count). The van der Waals surface area contributed by atoms with Gasteiger partial charge in [0, 0.05) is 18.7 Å². The van der Waals surface area contributed by atoms with Crippen LogP contribution < -0.4 is 10.0 Å². The summed E-state index contributed by atoms with van der Waals surface area (Å²) in [6, 6.07) is 19.3. The largest absolute Gasteiger partial charge is 0.348 e. The van der Waals surface area contributed by atoms with Gasteiger partial charge in [-0.2, -0.15) is 0 Å². The van der Waals surface area contributed by atoms with Crippen molar-refractivity contribution < 1.29 is 17.6 Å². The van der Waals surface area contributed by atoms with E-state index in [2.05, 4.69) is 27.1 Å². The van der Waals surface area contributed by atoms with Crippen LogP contribution >= 0.6 is 0 Å². The summed E-state index contributed by atoms with van der Waals surface area (Å²) in [4.78, 5) is 15.0. The first-order valence-corrected chi connectivity index (χ1v) is 12.8. The molecule has 1 heterocycles. The molecule has 3 aromatic carbocycles. The number of hydrogen-bond donors (Lipinski definition) is 2. The van der Waals surface area contributed by atoms with Gasteiger partial charge in [0.2, 0.25) is 0 Å². The van der Waals surface area contributed by atoms with E-state index in [9.17, 15) is 17.6 Å². The maximum atomic E-state index is 13.9.